The topological polar surface area (TPSA) is 29.1 Å². The van der Waals surface area contributed by atoms with E-state index >= 15 is 0 Å². The van der Waals surface area contributed by atoms with Crippen molar-refractivity contribution in [1.82, 2.24) is 5.32 Å². The van der Waals surface area contributed by atoms with Crippen molar-refractivity contribution in [1.29, 1.82) is 0 Å². The van der Waals surface area contributed by atoms with E-state index < -0.39 is 0 Å². The van der Waals surface area contributed by atoms with E-state index in [1.54, 1.807) is 0 Å². The minimum Gasteiger partial charge on any atom is -0.352 e. The highest BCUT2D eigenvalue weighted by Crippen LogP contribution is 2.24. The fourth-order valence-electron chi connectivity index (χ4n) is 1.28. The summed E-state index contributed by atoms with van der Waals surface area (Å²) in [6.45, 7) is 9.41. The van der Waals surface area contributed by atoms with E-state index in [0.717, 1.165) is 4.47 Å². The summed E-state index contributed by atoms with van der Waals surface area (Å²) >= 11 is 3.36. The minimum atomic E-state index is -0.0117. The fraction of sp³-hybridized carbons (Fsp3) is 0.500. The number of benzene rings is 1. The van der Waals surface area contributed by atoms with Gasteiger partial charge < -0.3 is 5.32 Å². The van der Waals surface area contributed by atoms with Gasteiger partial charge in [-0.1, -0.05) is 49.7 Å². The standard InChI is InChI=1S/C14H20BrNO/c1-10(14(2,3)4)9-16-13(17)11-6-5-7-12(15)8-11/h5-8,10H,9H2,1-4H3,(H,16,17). The molecule has 17 heavy (non-hydrogen) atoms. The number of carbonyl (C=O) groups is 1. The zero-order chi connectivity index (χ0) is 13.1. The van der Waals surface area contributed by atoms with Crippen LogP contribution in [-0.4, -0.2) is 12.5 Å². The Balaban J connectivity index is 2.57. The van der Waals surface area contributed by atoms with Crippen LogP contribution in [-0.2, 0) is 0 Å². The summed E-state index contributed by atoms with van der Waals surface area (Å²) in [5.41, 5.74) is 0.908. The van der Waals surface area contributed by atoms with E-state index in [4.69, 9.17) is 0 Å². The second kappa shape index (κ2) is 5.67. The van der Waals surface area contributed by atoms with Gasteiger partial charge in [-0.25, -0.2) is 0 Å². The van der Waals surface area contributed by atoms with Crippen molar-refractivity contribution in [3.05, 3.63) is 34.3 Å². The highest BCUT2D eigenvalue weighted by molar-refractivity contribution is 9.10. The molecular weight excluding hydrogens is 278 g/mol. The zero-order valence-electron chi connectivity index (χ0n) is 10.9. The highest BCUT2D eigenvalue weighted by atomic mass is 79.9. The van der Waals surface area contributed by atoms with Crippen molar-refractivity contribution in [3.63, 3.8) is 0 Å². The van der Waals surface area contributed by atoms with Crippen molar-refractivity contribution in [3.8, 4) is 0 Å². The van der Waals surface area contributed by atoms with Crippen LogP contribution in [0.2, 0.25) is 0 Å². The lowest BCUT2D eigenvalue weighted by Gasteiger charge is -2.27. The van der Waals surface area contributed by atoms with Crippen molar-refractivity contribution in [2.45, 2.75) is 27.7 Å². The van der Waals surface area contributed by atoms with Crippen molar-refractivity contribution < 1.29 is 4.79 Å². The van der Waals surface area contributed by atoms with Gasteiger partial charge in [0, 0.05) is 16.6 Å². The normalized spacial score (nSPS) is 13.2. The van der Waals surface area contributed by atoms with Crippen LogP contribution in [0.1, 0.15) is 38.1 Å². The van der Waals surface area contributed by atoms with E-state index in [-0.39, 0.29) is 11.3 Å². The predicted octanol–water partition coefficient (Wildman–Crippen LogP) is 3.86. The first kappa shape index (κ1) is 14.2. The molecule has 0 fully saturated rings. The van der Waals surface area contributed by atoms with E-state index in [9.17, 15) is 4.79 Å². The molecule has 0 spiro atoms. The number of amides is 1. The number of hydrogen-bond acceptors (Lipinski definition) is 1. The molecule has 0 aromatic heterocycles. The Morgan fingerprint density at radius 3 is 2.59 bits per heavy atom. The first-order valence-electron chi connectivity index (χ1n) is 5.84. The average Bonchev–Trinajstić information content (AvgIpc) is 2.24. The number of rotatable bonds is 3. The summed E-state index contributed by atoms with van der Waals surface area (Å²) < 4.78 is 0.925. The summed E-state index contributed by atoms with van der Waals surface area (Å²) in [5, 5.41) is 2.97. The van der Waals surface area contributed by atoms with Gasteiger partial charge in [0.2, 0.25) is 0 Å². The molecule has 1 atom stereocenters. The molecule has 94 valence electrons. The van der Waals surface area contributed by atoms with Gasteiger partial charge in [0.15, 0.2) is 0 Å². The SMILES string of the molecule is CC(CNC(=O)c1cccc(Br)c1)C(C)(C)C. The monoisotopic (exact) mass is 297 g/mol. The molecular formula is C14H20BrNO. The Labute approximate surface area is 112 Å². The van der Waals surface area contributed by atoms with Gasteiger partial charge in [-0.05, 0) is 29.5 Å². The molecule has 0 aliphatic heterocycles. The van der Waals surface area contributed by atoms with Gasteiger partial charge >= 0.3 is 0 Å². The first-order chi connectivity index (χ1) is 7.80. The van der Waals surface area contributed by atoms with Crippen LogP contribution in [0.25, 0.3) is 0 Å². The van der Waals surface area contributed by atoms with Crippen LogP contribution in [0.3, 0.4) is 0 Å². The van der Waals surface area contributed by atoms with Gasteiger partial charge in [0.1, 0.15) is 0 Å². The number of carbonyl (C=O) groups excluding carboxylic acids is 1. The Hall–Kier alpha value is -0.830. The van der Waals surface area contributed by atoms with Gasteiger partial charge in [0.25, 0.3) is 5.91 Å². The molecule has 3 heteroatoms. The van der Waals surface area contributed by atoms with Crippen LogP contribution in [0.5, 0.6) is 0 Å². The van der Waals surface area contributed by atoms with Gasteiger partial charge in [0.05, 0.1) is 0 Å². The maximum atomic E-state index is 11.9. The van der Waals surface area contributed by atoms with E-state index in [1.807, 2.05) is 24.3 Å². The molecule has 2 nitrogen and oxygen atoms in total. The summed E-state index contributed by atoms with van der Waals surface area (Å²) in [5.74, 6) is 0.431. The van der Waals surface area contributed by atoms with Crippen molar-refractivity contribution in [2.24, 2.45) is 11.3 Å². The van der Waals surface area contributed by atoms with Crippen molar-refractivity contribution >= 4 is 21.8 Å². The van der Waals surface area contributed by atoms with Crippen LogP contribution < -0.4 is 5.32 Å². The lowest BCUT2D eigenvalue weighted by atomic mass is 9.82. The van der Waals surface area contributed by atoms with Crippen LogP contribution >= 0.6 is 15.9 Å². The minimum absolute atomic E-state index is 0.0117. The zero-order valence-corrected chi connectivity index (χ0v) is 12.5. The summed E-state index contributed by atoms with van der Waals surface area (Å²) in [6, 6.07) is 7.43. The van der Waals surface area contributed by atoms with Crippen LogP contribution in [0.4, 0.5) is 0 Å². The van der Waals surface area contributed by atoms with Crippen LogP contribution in [0.15, 0.2) is 28.7 Å². The van der Waals surface area contributed by atoms with E-state index in [2.05, 4.69) is 48.9 Å². The number of nitrogens with one attached hydrogen (secondary N) is 1. The molecule has 1 N–H and O–H groups in total. The summed E-state index contributed by atoms with van der Waals surface area (Å²) in [7, 11) is 0. The molecule has 0 saturated carbocycles. The van der Waals surface area contributed by atoms with Gasteiger partial charge in [-0.15, -0.1) is 0 Å². The molecule has 1 aromatic carbocycles. The number of hydrogen-bond donors (Lipinski definition) is 1. The quantitative estimate of drug-likeness (QED) is 0.902. The first-order valence-corrected chi connectivity index (χ1v) is 6.64. The molecule has 0 aliphatic rings. The van der Waals surface area contributed by atoms with Crippen LogP contribution in [0, 0.1) is 11.3 Å². The lowest BCUT2D eigenvalue weighted by molar-refractivity contribution is 0.0937. The highest BCUT2D eigenvalue weighted by Gasteiger charge is 2.20. The van der Waals surface area contributed by atoms with Crippen molar-refractivity contribution in [2.75, 3.05) is 6.54 Å². The average molecular weight is 298 g/mol. The maximum Gasteiger partial charge on any atom is 0.251 e. The second-order valence-electron chi connectivity index (χ2n) is 5.49. The van der Waals surface area contributed by atoms with E-state index in [1.165, 1.54) is 0 Å². The largest absolute Gasteiger partial charge is 0.352 e. The molecule has 0 bridgehead atoms. The Bertz CT molecular complexity index is 395. The molecule has 0 saturated heterocycles. The van der Waals surface area contributed by atoms with Gasteiger partial charge in [-0.3, -0.25) is 4.79 Å². The molecule has 0 heterocycles. The lowest BCUT2D eigenvalue weighted by Crippen LogP contribution is -2.33. The second-order valence-corrected chi connectivity index (χ2v) is 6.40. The summed E-state index contributed by atoms with van der Waals surface area (Å²) in [4.78, 5) is 11.9. The van der Waals surface area contributed by atoms with Gasteiger partial charge in [-0.2, -0.15) is 0 Å². The number of halogens is 1. The van der Waals surface area contributed by atoms with E-state index in [0.29, 0.717) is 18.0 Å². The molecule has 1 amide bonds. The third-order valence-electron chi connectivity index (χ3n) is 3.13. The molecule has 1 rings (SSSR count). The third-order valence-corrected chi connectivity index (χ3v) is 3.63. The smallest absolute Gasteiger partial charge is 0.251 e. The Morgan fingerprint density at radius 1 is 1.41 bits per heavy atom. The predicted molar refractivity (Wildman–Crippen MR) is 75.1 cm³/mol. The summed E-state index contributed by atoms with van der Waals surface area (Å²) in [6.07, 6.45) is 0. The third kappa shape index (κ3) is 4.50. The molecule has 1 unspecified atom stereocenters. The Kier molecular flexibility index (Phi) is 4.75. The Morgan fingerprint density at radius 2 is 2.06 bits per heavy atom. The maximum absolute atomic E-state index is 11.9. The molecule has 0 radical (unpaired) electrons. The molecule has 0 aliphatic carbocycles. The molecule has 1 aromatic rings. The fourth-order valence-corrected chi connectivity index (χ4v) is 1.68.